The van der Waals surface area contributed by atoms with E-state index in [-0.39, 0.29) is 25.2 Å². The average Bonchev–Trinajstić information content (AvgIpc) is 3.23. The second-order valence-electron chi connectivity index (χ2n) is 8.14. The maximum atomic E-state index is 13.1. The van der Waals surface area contributed by atoms with Crippen molar-refractivity contribution in [2.75, 3.05) is 6.61 Å². The Morgan fingerprint density at radius 1 is 1.06 bits per heavy atom. The third-order valence-electron chi connectivity index (χ3n) is 5.48. The van der Waals surface area contributed by atoms with Gasteiger partial charge < -0.3 is 13.7 Å². The Kier molecular flexibility index (Phi) is 8.96. The Hall–Kier alpha value is -2.85. The Morgan fingerprint density at radius 3 is 2.29 bits per heavy atom. The van der Waals surface area contributed by atoms with Gasteiger partial charge in [0.25, 0.3) is 0 Å². The molecular weight excluding hydrogens is 485 g/mol. The number of unbranched alkanes of at least 4 members (excludes halogenated alkanes) is 1. The minimum Gasteiger partial charge on any atom is -0.459 e. The van der Waals surface area contributed by atoms with Crippen LogP contribution in [0.3, 0.4) is 0 Å². The molecule has 0 spiro atoms. The van der Waals surface area contributed by atoms with Crippen LogP contribution in [0.15, 0.2) is 72.0 Å². The number of rotatable bonds is 10. The molecule has 0 aliphatic carbocycles. The van der Waals surface area contributed by atoms with Crippen molar-refractivity contribution in [3.05, 3.63) is 83.1 Å². The predicted octanol–water partition coefficient (Wildman–Crippen LogP) is 5.55. The highest BCUT2D eigenvalue weighted by Gasteiger charge is 2.49. The first kappa shape index (κ1) is 26.7. The fourth-order valence-electron chi connectivity index (χ4n) is 3.73. The van der Waals surface area contributed by atoms with Gasteiger partial charge in [-0.25, -0.2) is 4.79 Å². The van der Waals surface area contributed by atoms with Gasteiger partial charge in [0, 0.05) is 24.8 Å². The number of ether oxygens (including phenoxy) is 2. The van der Waals surface area contributed by atoms with E-state index in [4.69, 9.17) is 9.47 Å². The van der Waals surface area contributed by atoms with E-state index < -0.39 is 33.8 Å². The number of carbonyl (C=O) groups excluding carboxylic acids is 1. The first-order valence-electron chi connectivity index (χ1n) is 11.2. The van der Waals surface area contributed by atoms with Gasteiger partial charge in [-0.15, -0.1) is 0 Å². The van der Waals surface area contributed by atoms with E-state index in [2.05, 4.69) is 4.18 Å². The lowest BCUT2D eigenvalue weighted by atomic mass is 9.97. The third-order valence-corrected chi connectivity index (χ3v) is 6.46. The molecule has 0 unspecified atom stereocenters. The summed E-state index contributed by atoms with van der Waals surface area (Å²) in [6.45, 7) is 1.69. The van der Waals surface area contributed by atoms with Crippen LogP contribution in [0.4, 0.5) is 13.2 Å². The van der Waals surface area contributed by atoms with Gasteiger partial charge in [0.15, 0.2) is 0 Å². The minimum atomic E-state index is -5.84. The summed E-state index contributed by atoms with van der Waals surface area (Å²) in [6.07, 6.45) is 0.0306. The molecule has 0 bridgehead atoms. The van der Waals surface area contributed by atoms with Crippen LogP contribution >= 0.6 is 0 Å². The number of hydrogen-bond acceptors (Lipinski definition) is 6. The second-order valence-corrected chi connectivity index (χ2v) is 9.68. The van der Waals surface area contributed by atoms with Crippen molar-refractivity contribution in [1.82, 2.24) is 0 Å². The van der Waals surface area contributed by atoms with Crippen LogP contribution in [0.25, 0.3) is 0 Å². The molecule has 1 heterocycles. The average molecular weight is 513 g/mol. The first-order valence-corrected chi connectivity index (χ1v) is 12.7. The van der Waals surface area contributed by atoms with Crippen LogP contribution in [0, 0.1) is 0 Å². The lowest BCUT2D eigenvalue weighted by Crippen LogP contribution is -2.26. The highest BCUT2D eigenvalue weighted by atomic mass is 32.2. The summed E-state index contributed by atoms with van der Waals surface area (Å²) in [4.78, 5) is 12.3. The molecule has 0 radical (unpaired) electrons. The lowest BCUT2D eigenvalue weighted by Gasteiger charge is -2.18. The van der Waals surface area contributed by atoms with Crippen molar-refractivity contribution in [2.45, 2.75) is 56.7 Å². The Bertz CT molecular complexity index is 1110. The quantitative estimate of drug-likeness (QED) is 0.180. The fraction of sp³-hybridized carbons (Fsp3) is 0.400. The highest BCUT2D eigenvalue weighted by Crippen LogP contribution is 2.36. The molecule has 1 aliphatic heterocycles. The lowest BCUT2D eigenvalue weighted by molar-refractivity contribution is -0.0525. The number of hydrogen-bond donors (Lipinski definition) is 0. The summed E-state index contributed by atoms with van der Waals surface area (Å²) in [7, 11) is -5.84. The first-order chi connectivity index (χ1) is 16.6. The molecule has 0 N–H and O–H groups in total. The normalized spacial score (nSPS) is 19.9. The van der Waals surface area contributed by atoms with Gasteiger partial charge in [0.05, 0.1) is 17.8 Å². The van der Waals surface area contributed by atoms with Crippen molar-refractivity contribution < 1.29 is 40.0 Å². The SMILES string of the molecule is CCCC/C(OS(=O)(=O)C(F)(F)F)=C1/C[C@H](COC(=O)c2ccccc2)O[C@@H]1Cc1ccccc1. The molecule has 1 aliphatic rings. The van der Waals surface area contributed by atoms with Crippen LogP contribution < -0.4 is 0 Å². The van der Waals surface area contributed by atoms with E-state index in [1.165, 1.54) is 0 Å². The summed E-state index contributed by atoms with van der Waals surface area (Å²) < 4.78 is 78.9. The molecule has 35 heavy (non-hydrogen) atoms. The summed E-state index contributed by atoms with van der Waals surface area (Å²) in [5.41, 5.74) is -4.02. The van der Waals surface area contributed by atoms with Crippen LogP contribution in [0.2, 0.25) is 0 Å². The summed E-state index contributed by atoms with van der Waals surface area (Å²) >= 11 is 0. The fourth-order valence-corrected chi connectivity index (χ4v) is 4.28. The van der Waals surface area contributed by atoms with E-state index in [1.54, 1.807) is 30.3 Å². The largest absolute Gasteiger partial charge is 0.534 e. The molecule has 1 saturated heterocycles. The molecule has 2 atom stereocenters. The molecule has 190 valence electrons. The van der Waals surface area contributed by atoms with E-state index >= 15 is 0 Å². The minimum absolute atomic E-state index is 0.00627. The number of benzene rings is 2. The zero-order valence-corrected chi connectivity index (χ0v) is 20.0. The van der Waals surface area contributed by atoms with Crippen molar-refractivity contribution in [1.29, 1.82) is 0 Å². The predicted molar refractivity (Wildman–Crippen MR) is 123 cm³/mol. The van der Waals surface area contributed by atoms with Gasteiger partial charge >= 0.3 is 21.6 Å². The molecule has 1 fully saturated rings. The Labute approximate surface area is 202 Å². The Balaban J connectivity index is 1.86. The van der Waals surface area contributed by atoms with Gasteiger partial charge in [0.2, 0.25) is 0 Å². The van der Waals surface area contributed by atoms with Crippen LogP contribution in [0.5, 0.6) is 0 Å². The standard InChI is InChI=1S/C25H27F3O6S/c1-2-3-14-22(34-35(30,31)25(26,27)28)21-16-20(17-32-24(29)19-12-8-5-9-13-19)33-23(21)15-18-10-6-4-7-11-18/h4-13,20,23H,2-3,14-17H2,1H3/b22-21+/t20-,23-/m1/s1. The van der Waals surface area contributed by atoms with Gasteiger partial charge in [-0.1, -0.05) is 61.9 Å². The van der Waals surface area contributed by atoms with Crippen molar-refractivity contribution in [3.63, 3.8) is 0 Å². The molecule has 0 saturated carbocycles. The molecule has 0 amide bonds. The molecule has 2 aromatic rings. The smallest absolute Gasteiger partial charge is 0.459 e. The topological polar surface area (TPSA) is 78.9 Å². The summed E-state index contributed by atoms with van der Waals surface area (Å²) in [6, 6.07) is 17.5. The van der Waals surface area contributed by atoms with Crippen LogP contribution in [-0.2, 0) is 30.2 Å². The third kappa shape index (κ3) is 7.32. The van der Waals surface area contributed by atoms with E-state index in [0.29, 0.717) is 30.4 Å². The number of allylic oxidation sites excluding steroid dienone is 1. The van der Waals surface area contributed by atoms with Crippen molar-refractivity contribution in [2.24, 2.45) is 0 Å². The number of esters is 1. The molecule has 6 nitrogen and oxygen atoms in total. The summed E-state index contributed by atoms with van der Waals surface area (Å²) in [5, 5.41) is 0. The van der Waals surface area contributed by atoms with Gasteiger partial charge in [0.1, 0.15) is 12.4 Å². The van der Waals surface area contributed by atoms with Crippen LogP contribution in [0.1, 0.15) is 48.5 Å². The zero-order valence-electron chi connectivity index (χ0n) is 19.2. The van der Waals surface area contributed by atoms with Crippen molar-refractivity contribution >= 4 is 16.1 Å². The monoisotopic (exact) mass is 512 g/mol. The highest BCUT2D eigenvalue weighted by molar-refractivity contribution is 7.87. The van der Waals surface area contributed by atoms with E-state index in [1.807, 2.05) is 37.3 Å². The second kappa shape index (κ2) is 11.7. The van der Waals surface area contributed by atoms with Gasteiger partial charge in [-0.2, -0.15) is 21.6 Å². The number of carbonyl (C=O) groups is 1. The molecular formula is C25H27F3O6S. The maximum Gasteiger partial charge on any atom is 0.534 e. The van der Waals surface area contributed by atoms with E-state index in [0.717, 1.165) is 5.56 Å². The Morgan fingerprint density at radius 2 is 1.69 bits per heavy atom. The molecule has 10 heteroatoms. The molecule has 0 aromatic heterocycles. The van der Waals surface area contributed by atoms with Gasteiger partial charge in [-0.05, 0) is 24.1 Å². The number of alkyl halides is 3. The maximum absolute atomic E-state index is 13.1. The summed E-state index contributed by atoms with van der Waals surface area (Å²) in [5.74, 6) is -0.824. The van der Waals surface area contributed by atoms with Crippen LogP contribution in [-0.4, -0.2) is 38.7 Å². The van der Waals surface area contributed by atoms with Crippen molar-refractivity contribution in [3.8, 4) is 0 Å². The van der Waals surface area contributed by atoms with E-state index in [9.17, 15) is 26.4 Å². The number of halogens is 3. The molecule has 3 rings (SSSR count). The molecule has 2 aromatic carbocycles. The zero-order chi connectivity index (χ0) is 25.5. The van der Waals surface area contributed by atoms with Gasteiger partial charge in [-0.3, -0.25) is 0 Å².